The molecule has 1 N–H and O–H groups in total. The van der Waals surface area contributed by atoms with Crippen molar-refractivity contribution in [2.75, 3.05) is 6.54 Å². The lowest BCUT2D eigenvalue weighted by Gasteiger charge is -2.37. The highest BCUT2D eigenvalue weighted by atomic mass is 14.9. The molecule has 100 valence electrons. The Morgan fingerprint density at radius 2 is 1.82 bits per heavy atom. The predicted molar refractivity (Wildman–Crippen MR) is 75.2 cm³/mol. The van der Waals surface area contributed by atoms with Crippen LogP contribution in [0.15, 0.2) is 0 Å². The van der Waals surface area contributed by atoms with Crippen molar-refractivity contribution in [3.05, 3.63) is 0 Å². The Balaban J connectivity index is 1.83. The monoisotopic (exact) mass is 237 g/mol. The Hall–Kier alpha value is -0.0400. The van der Waals surface area contributed by atoms with Gasteiger partial charge in [0.15, 0.2) is 0 Å². The summed E-state index contributed by atoms with van der Waals surface area (Å²) in [5.41, 5.74) is 0. The van der Waals surface area contributed by atoms with Crippen molar-refractivity contribution in [2.45, 2.75) is 77.7 Å². The molecule has 1 heteroatoms. The van der Waals surface area contributed by atoms with Gasteiger partial charge in [0.25, 0.3) is 0 Å². The number of rotatable bonds is 5. The maximum Gasteiger partial charge on any atom is 0.00956 e. The van der Waals surface area contributed by atoms with Crippen LogP contribution in [-0.2, 0) is 0 Å². The normalized spacial score (nSPS) is 35.3. The maximum absolute atomic E-state index is 3.82. The van der Waals surface area contributed by atoms with Gasteiger partial charge in [-0.3, -0.25) is 0 Å². The molecule has 0 spiro atoms. The standard InChI is InChI=1S/C16H31N/c1-3-10-17-16-9-8-13(2)11-15(16)12-14-6-4-5-7-14/h13-17H,3-12H2,1-2H3. The fourth-order valence-corrected chi connectivity index (χ4v) is 4.03. The van der Waals surface area contributed by atoms with E-state index in [2.05, 4.69) is 19.2 Å². The Labute approximate surface area is 108 Å². The molecule has 0 amide bonds. The van der Waals surface area contributed by atoms with Crippen LogP contribution >= 0.6 is 0 Å². The molecular weight excluding hydrogens is 206 g/mol. The summed E-state index contributed by atoms with van der Waals surface area (Å²) in [5, 5.41) is 3.82. The van der Waals surface area contributed by atoms with Gasteiger partial charge in [0.05, 0.1) is 0 Å². The Morgan fingerprint density at radius 1 is 1.06 bits per heavy atom. The van der Waals surface area contributed by atoms with Gasteiger partial charge in [-0.25, -0.2) is 0 Å². The molecule has 0 aliphatic heterocycles. The van der Waals surface area contributed by atoms with Crippen molar-refractivity contribution in [3.8, 4) is 0 Å². The van der Waals surface area contributed by atoms with Gasteiger partial charge in [0, 0.05) is 6.04 Å². The first-order valence-electron chi connectivity index (χ1n) is 8.03. The van der Waals surface area contributed by atoms with E-state index in [9.17, 15) is 0 Å². The van der Waals surface area contributed by atoms with Crippen LogP contribution < -0.4 is 5.32 Å². The first kappa shape index (κ1) is 13.4. The highest BCUT2D eigenvalue weighted by Gasteiger charge is 2.30. The molecule has 3 unspecified atom stereocenters. The first-order valence-corrected chi connectivity index (χ1v) is 8.03. The highest BCUT2D eigenvalue weighted by molar-refractivity contribution is 4.85. The second kappa shape index (κ2) is 6.78. The molecule has 0 saturated heterocycles. The third kappa shape index (κ3) is 3.98. The predicted octanol–water partition coefficient (Wildman–Crippen LogP) is 4.37. The van der Waals surface area contributed by atoms with Gasteiger partial charge >= 0.3 is 0 Å². The molecular formula is C16H31N. The maximum atomic E-state index is 3.82. The summed E-state index contributed by atoms with van der Waals surface area (Å²) in [4.78, 5) is 0. The fourth-order valence-electron chi connectivity index (χ4n) is 4.03. The van der Waals surface area contributed by atoms with E-state index in [0.29, 0.717) is 0 Å². The molecule has 0 heterocycles. The molecule has 2 aliphatic carbocycles. The van der Waals surface area contributed by atoms with Crippen molar-refractivity contribution < 1.29 is 0 Å². The molecule has 17 heavy (non-hydrogen) atoms. The van der Waals surface area contributed by atoms with Crippen LogP contribution in [0.5, 0.6) is 0 Å². The lowest BCUT2D eigenvalue weighted by molar-refractivity contribution is 0.181. The Kier molecular flexibility index (Phi) is 5.34. The van der Waals surface area contributed by atoms with Gasteiger partial charge in [0.2, 0.25) is 0 Å². The van der Waals surface area contributed by atoms with Crippen molar-refractivity contribution >= 4 is 0 Å². The van der Waals surface area contributed by atoms with Crippen molar-refractivity contribution in [2.24, 2.45) is 17.8 Å². The lowest BCUT2D eigenvalue weighted by Crippen LogP contribution is -2.41. The molecule has 2 aliphatic rings. The van der Waals surface area contributed by atoms with Gasteiger partial charge in [-0.05, 0) is 56.4 Å². The van der Waals surface area contributed by atoms with Crippen LogP contribution in [0.1, 0.15) is 71.6 Å². The summed E-state index contributed by atoms with van der Waals surface area (Å²) >= 11 is 0. The summed E-state index contributed by atoms with van der Waals surface area (Å²) in [6.45, 7) is 5.96. The molecule has 3 atom stereocenters. The van der Waals surface area contributed by atoms with E-state index in [1.165, 1.54) is 64.3 Å². The van der Waals surface area contributed by atoms with E-state index < -0.39 is 0 Å². The van der Waals surface area contributed by atoms with Crippen LogP contribution in [0.3, 0.4) is 0 Å². The minimum absolute atomic E-state index is 0.840. The quantitative estimate of drug-likeness (QED) is 0.748. The van der Waals surface area contributed by atoms with Crippen LogP contribution in [-0.4, -0.2) is 12.6 Å². The Morgan fingerprint density at radius 3 is 2.53 bits per heavy atom. The molecule has 2 saturated carbocycles. The molecule has 1 nitrogen and oxygen atoms in total. The molecule has 0 aromatic rings. The van der Waals surface area contributed by atoms with Gasteiger partial charge in [-0.2, -0.15) is 0 Å². The van der Waals surface area contributed by atoms with Crippen LogP contribution in [0, 0.1) is 17.8 Å². The molecule has 2 fully saturated rings. The van der Waals surface area contributed by atoms with Crippen LogP contribution in [0.25, 0.3) is 0 Å². The van der Waals surface area contributed by atoms with E-state index in [1.54, 1.807) is 0 Å². The molecule has 0 radical (unpaired) electrons. The molecule has 2 rings (SSSR count). The van der Waals surface area contributed by atoms with Crippen molar-refractivity contribution in [1.82, 2.24) is 5.32 Å². The average molecular weight is 237 g/mol. The van der Waals surface area contributed by atoms with Gasteiger partial charge in [-0.15, -0.1) is 0 Å². The average Bonchev–Trinajstić information content (AvgIpc) is 2.81. The zero-order chi connectivity index (χ0) is 12.1. The Bertz CT molecular complexity index is 206. The zero-order valence-corrected chi connectivity index (χ0v) is 11.9. The van der Waals surface area contributed by atoms with Crippen LogP contribution in [0.2, 0.25) is 0 Å². The number of hydrogen-bond donors (Lipinski definition) is 1. The second-order valence-electron chi connectivity index (χ2n) is 6.63. The van der Waals surface area contributed by atoms with Crippen molar-refractivity contribution in [3.63, 3.8) is 0 Å². The van der Waals surface area contributed by atoms with E-state index in [0.717, 1.165) is 23.8 Å². The third-order valence-corrected chi connectivity index (χ3v) is 5.01. The molecule has 0 aromatic carbocycles. The summed E-state index contributed by atoms with van der Waals surface area (Å²) in [6, 6.07) is 0.840. The lowest BCUT2D eigenvalue weighted by atomic mass is 9.74. The number of nitrogens with one attached hydrogen (secondary N) is 1. The highest BCUT2D eigenvalue weighted by Crippen LogP contribution is 2.38. The van der Waals surface area contributed by atoms with E-state index in [4.69, 9.17) is 0 Å². The molecule has 0 bridgehead atoms. The summed E-state index contributed by atoms with van der Waals surface area (Å²) < 4.78 is 0. The first-order chi connectivity index (χ1) is 8.29. The summed E-state index contributed by atoms with van der Waals surface area (Å²) in [6.07, 6.45) is 13.2. The topological polar surface area (TPSA) is 12.0 Å². The fraction of sp³-hybridized carbons (Fsp3) is 1.00. The SMILES string of the molecule is CCCNC1CCC(C)CC1CC1CCCC1. The van der Waals surface area contributed by atoms with E-state index in [1.807, 2.05) is 0 Å². The largest absolute Gasteiger partial charge is 0.314 e. The third-order valence-electron chi connectivity index (χ3n) is 5.01. The van der Waals surface area contributed by atoms with Gasteiger partial charge in [-0.1, -0.05) is 39.5 Å². The number of hydrogen-bond acceptors (Lipinski definition) is 1. The summed E-state index contributed by atoms with van der Waals surface area (Å²) in [5.74, 6) is 3.02. The zero-order valence-electron chi connectivity index (χ0n) is 11.9. The van der Waals surface area contributed by atoms with Gasteiger partial charge in [0.1, 0.15) is 0 Å². The van der Waals surface area contributed by atoms with Crippen molar-refractivity contribution in [1.29, 1.82) is 0 Å². The minimum Gasteiger partial charge on any atom is -0.314 e. The smallest absolute Gasteiger partial charge is 0.00956 e. The van der Waals surface area contributed by atoms with E-state index >= 15 is 0 Å². The van der Waals surface area contributed by atoms with Crippen LogP contribution in [0.4, 0.5) is 0 Å². The summed E-state index contributed by atoms with van der Waals surface area (Å²) in [7, 11) is 0. The van der Waals surface area contributed by atoms with E-state index in [-0.39, 0.29) is 0 Å². The second-order valence-corrected chi connectivity index (χ2v) is 6.63. The minimum atomic E-state index is 0.840. The molecule has 0 aromatic heterocycles. The van der Waals surface area contributed by atoms with Gasteiger partial charge < -0.3 is 5.32 Å².